The quantitative estimate of drug-likeness (QED) is 0.291. The monoisotopic (exact) mass is 562 g/mol. The summed E-state index contributed by atoms with van der Waals surface area (Å²) in [6.45, 7) is 6.48. The van der Waals surface area contributed by atoms with Gasteiger partial charge in [-0.05, 0) is 56.8 Å². The van der Waals surface area contributed by atoms with Crippen LogP contribution in [0.25, 0.3) is 0 Å². The van der Waals surface area contributed by atoms with Crippen LogP contribution in [0.3, 0.4) is 0 Å². The number of hydrogen-bond donors (Lipinski definition) is 2. The smallest absolute Gasteiger partial charge is 0.316 e. The summed E-state index contributed by atoms with van der Waals surface area (Å²) in [7, 11) is 0. The second-order valence-corrected chi connectivity index (χ2v) is 14.0. The minimum atomic E-state index is -2.30. The maximum atomic E-state index is 17.3. The third-order valence-electron chi connectivity index (χ3n) is 10.4. The number of ether oxygens (including phenoxy) is 1. The third-order valence-corrected chi connectivity index (χ3v) is 11.9. The van der Waals surface area contributed by atoms with Crippen molar-refractivity contribution in [3.8, 4) is 0 Å². The van der Waals surface area contributed by atoms with Gasteiger partial charge in [0.2, 0.25) is 5.12 Å². The zero-order chi connectivity index (χ0) is 26.9. The van der Waals surface area contributed by atoms with Crippen molar-refractivity contribution in [3.05, 3.63) is 23.8 Å². The van der Waals surface area contributed by atoms with Crippen molar-refractivity contribution in [2.45, 2.75) is 81.3 Å². The highest BCUT2D eigenvalue weighted by molar-refractivity contribution is 7.96. The molecule has 0 spiro atoms. The van der Waals surface area contributed by atoms with Gasteiger partial charge < -0.3 is 9.84 Å². The number of hydrogen-bond acceptors (Lipinski definition) is 5. The Morgan fingerprint density at radius 3 is 2.36 bits per heavy atom. The van der Waals surface area contributed by atoms with Crippen molar-refractivity contribution in [3.63, 3.8) is 0 Å². The number of esters is 1. The lowest BCUT2D eigenvalue weighted by Gasteiger charge is -2.63. The number of allylic oxidation sites excluding steroid dienone is 4. The summed E-state index contributed by atoms with van der Waals surface area (Å²) in [5.41, 5.74) is -8.08. The summed E-state index contributed by atoms with van der Waals surface area (Å²) in [6.07, 6.45) is 0.380. The molecule has 0 heterocycles. The van der Waals surface area contributed by atoms with E-state index in [0.29, 0.717) is 0 Å². The molecule has 36 heavy (non-hydrogen) atoms. The Morgan fingerprint density at radius 2 is 1.81 bits per heavy atom. The molecule has 1 unspecified atom stereocenters. The lowest BCUT2D eigenvalue weighted by Crippen LogP contribution is -2.70. The van der Waals surface area contributed by atoms with E-state index in [9.17, 15) is 19.5 Å². The molecule has 0 aromatic heterocycles. The van der Waals surface area contributed by atoms with E-state index >= 15 is 8.78 Å². The van der Waals surface area contributed by atoms with Crippen molar-refractivity contribution in [2.24, 2.45) is 34.0 Å². The Kier molecular flexibility index (Phi) is 5.61. The maximum Gasteiger partial charge on any atom is 0.316 e. The summed E-state index contributed by atoms with van der Waals surface area (Å²) in [5.74, 6) is -3.39. The largest absolute Gasteiger partial charge is 0.449 e. The number of halogens is 4. The Morgan fingerprint density at radius 1 is 1.19 bits per heavy atom. The van der Waals surface area contributed by atoms with Gasteiger partial charge >= 0.3 is 5.97 Å². The molecule has 5 aliphatic rings. The number of rotatable bonds is 3. The highest BCUT2D eigenvalue weighted by Gasteiger charge is 2.79. The predicted molar refractivity (Wildman–Crippen MR) is 133 cm³/mol. The molecule has 5 rings (SSSR count). The van der Waals surface area contributed by atoms with Crippen LogP contribution in [0, 0.1) is 34.0 Å². The molecule has 10 heteroatoms. The molecule has 0 bridgehead atoms. The van der Waals surface area contributed by atoms with Crippen LogP contribution in [0.5, 0.6) is 0 Å². The predicted octanol–water partition coefficient (Wildman–Crippen LogP) is 4.87. The number of alkyl halides is 4. The van der Waals surface area contributed by atoms with Gasteiger partial charge in [-0.1, -0.05) is 19.9 Å². The van der Waals surface area contributed by atoms with Gasteiger partial charge in [-0.2, -0.15) is 0 Å². The molecule has 0 amide bonds. The standard InChI is InChI=1S/C26H30Cl2F2O5S/c1-12-7-14-15-9-17(29)16-8-13(31)5-6-21(16,2)25(15,30)18(32)10-22(14,3)26(12,20(34)36)35-19(33)23(4)11-24(23,27)28/h5-6,8,12,14-15,17-18,32H,7,9-11H2,1-4H3,(H,34,36)/t12-,14+,15+,17+,18+,21+,22+,23?,25+,26+/m1/s1. The Labute approximate surface area is 224 Å². The van der Waals surface area contributed by atoms with Crippen molar-refractivity contribution in [2.75, 3.05) is 0 Å². The van der Waals surface area contributed by atoms with Crippen molar-refractivity contribution >= 4 is 52.7 Å². The summed E-state index contributed by atoms with van der Waals surface area (Å²) >= 11 is 16.5. The zero-order valence-electron chi connectivity index (χ0n) is 20.5. The maximum absolute atomic E-state index is 17.3. The molecule has 0 radical (unpaired) electrons. The fourth-order valence-corrected chi connectivity index (χ4v) is 9.33. The van der Waals surface area contributed by atoms with Crippen LogP contribution in [0.15, 0.2) is 23.8 Å². The van der Waals surface area contributed by atoms with Gasteiger partial charge in [0, 0.05) is 29.1 Å². The number of carbonyl (C=O) groups is 3. The van der Waals surface area contributed by atoms with Gasteiger partial charge in [0.05, 0.1) is 6.10 Å². The number of carbonyl (C=O) groups excluding carboxylic acids is 3. The molecule has 5 aliphatic carbocycles. The molecule has 198 valence electrons. The summed E-state index contributed by atoms with van der Waals surface area (Å²) < 4.78 is 37.6. The highest BCUT2D eigenvalue weighted by Crippen LogP contribution is 2.73. The molecule has 1 N–H and O–H groups in total. The molecular weight excluding hydrogens is 533 g/mol. The van der Waals surface area contributed by atoms with E-state index in [4.69, 9.17) is 27.9 Å². The van der Waals surface area contributed by atoms with Gasteiger partial charge in [0.1, 0.15) is 15.9 Å². The van der Waals surface area contributed by atoms with Gasteiger partial charge in [-0.25, -0.2) is 8.78 Å². The zero-order valence-corrected chi connectivity index (χ0v) is 22.9. The van der Waals surface area contributed by atoms with Crippen LogP contribution < -0.4 is 0 Å². The molecular formula is C26H30Cl2F2O5S. The van der Waals surface area contributed by atoms with Crippen LogP contribution in [-0.4, -0.2) is 49.9 Å². The number of aliphatic hydroxyl groups is 1. The van der Waals surface area contributed by atoms with Crippen LogP contribution >= 0.6 is 35.8 Å². The minimum absolute atomic E-state index is 0.0210. The first kappa shape index (κ1) is 26.6. The summed E-state index contributed by atoms with van der Waals surface area (Å²) in [4.78, 5) is 38.5. The Hall–Kier alpha value is -0.960. The van der Waals surface area contributed by atoms with Gasteiger partial charge in [0.25, 0.3) is 0 Å². The molecule has 10 atom stereocenters. The Balaban J connectivity index is 1.61. The number of ketones is 1. The van der Waals surface area contributed by atoms with Crippen LogP contribution in [0.2, 0.25) is 0 Å². The average molecular weight is 563 g/mol. The van der Waals surface area contributed by atoms with Gasteiger partial charge in [0.15, 0.2) is 17.1 Å². The number of thiol groups is 1. The fraction of sp³-hybridized carbons (Fsp3) is 0.731. The van der Waals surface area contributed by atoms with E-state index in [2.05, 4.69) is 12.6 Å². The van der Waals surface area contributed by atoms with Crippen molar-refractivity contribution in [1.29, 1.82) is 0 Å². The summed E-state index contributed by atoms with van der Waals surface area (Å²) in [6, 6.07) is 0. The molecule has 0 aliphatic heterocycles. The Bertz CT molecular complexity index is 1140. The molecule has 4 fully saturated rings. The lowest BCUT2D eigenvalue weighted by molar-refractivity contribution is -0.230. The topological polar surface area (TPSA) is 80.7 Å². The highest BCUT2D eigenvalue weighted by atomic mass is 35.5. The molecule has 4 saturated carbocycles. The molecule has 5 nitrogen and oxygen atoms in total. The van der Waals surface area contributed by atoms with E-state index in [-0.39, 0.29) is 31.3 Å². The van der Waals surface area contributed by atoms with Gasteiger partial charge in [-0.3, -0.25) is 14.4 Å². The van der Waals surface area contributed by atoms with Gasteiger partial charge in [-0.15, -0.1) is 35.8 Å². The van der Waals surface area contributed by atoms with E-state index in [0.717, 1.165) is 6.08 Å². The third kappa shape index (κ3) is 2.91. The first-order chi connectivity index (χ1) is 16.4. The van der Waals surface area contributed by atoms with E-state index in [1.165, 1.54) is 19.1 Å². The first-order valence-electron chi connectivity index (χ1n) is 12.2. The second-order valence-electron chi connectivity index (χ2n) is 12.1. The van der Waals surface area contributed by atoms with E-state index in [1.807, 2.05) is 0 Å². The minimum Gasteiger partial charge on any atom is -0.449 e. The molecule has 0 aromatic rings. The van der Waals surface area contributed by atoms with Crippen molar-refractivity contribution < 1.29 is 33.0 Å². The van der Waals surface area contributed by atoms with Crippen molar-refractivity contribution in [1.82, 2.24) is 0 Å². The second kappa shape index (κ2) is 7.57. The average Bonchev–Trinajstić information content (AvgIpc) is 3.22. The lowest BCUT2D eigenvalue weighted by atomic mass is 9.44. The fourth-order valence-electron chi connectivity index (χ4n) is 8.12. The number of aliphatic hydroxyl groups excluding tert-OH is 1. The SMILES string of the molecule is C[C@@H]1C[C@H]2[C@@H]3C[C@H](F)C4=CC(=O)C=C[C@]4(C)[C@@]3(F)[C@@H](O)C[C@]2(C)[C@@]1(OC(=O)C1(C)CC1(Cl)Cl)C(=O)S. The molecule has 0 aromatic carbocycles. The van der Waals surface area contributed by atoms with E-state index in [1.54, 1.807) is 20.8 Å². The van der Waals surface area contributed by atoms with E-state index < -0.39 is 78.7 Å². The van der Waals surface area contributed by atoms with Crippen LogP contribution in [-0.2, 0) is 19.1 Å². The molecule has 0 saturated heterocycles. The first-order valence-corrected chi connectivity index (χ1v) is 13.4. The normalized spacial score (nSPS) is 52.6. The van der Waals surface area contributed by atoms with Crippen LogP contribution in [0.1, 0.15) is 53.4 Å². The summed E-state index contributed by atoms with van der Waals surface area (Å²) in [5, 5.41) is 10.7. The number of fused-ring (bicyclic) bond motifs is 5. The van der Waals surface area contributed by atoms with Crippen LogP contribution in [0.4, 0.5) is 8.78 Å².